The molecule has 66 valence electrons. The molecule has 1 aromatic heterocycles. The summed E-state index contributed by atoms with van der Waals surface area (Å²) < 4.78 is 0. The molecule has 0 aliphatic carbocycles. The number of hydrogen-bond donors (Lipinski definition) is 0. The second-order valence-electron chi connectivity index (χ2n) is 4.04. The molecule has 0 saturated carbocycles. The van der Waals surface area contributed by atoms with E-state index in [4.69, 9.17) is 11.6 Å². The summed E-state index contributed by atoms with van der Waals surface area (Å²) in [5, 5.41) is 0.796. The van der Waals surface area contributed by atoms with Crippen molar-refractivity contribution < 1.29 is 0 Å². The van der Waals surface area contributed by atoms with Gasteiger partial charge in [-0.25, -0.2) is 0 Å². The van der Waals surface area contributed by atoms with Crippen molar-refractivity contribution in [2.75, 3.05) is 0 Å². The summed E-state index contributed by atoms with van der Waals surface area (Å²) in [6.07, 6.45) is 1.81. The molecule has 1 nitrogen and oxygen atoms in total. The molecular formula is C10H14ClN. The molecule has 0 amide bonds. The molecule has 0 bridgehead atoms. The molecule has 0 aliphatic rings. The molecule has 0 radical (unpaired) electrons. The van der Waals surface area contributed by atoms with Gasteiger partial charge in [0.2, 0.25) is 0 Å². The normalized spacial score (nSPS) is 11.8. The summed E-state index contributed by atoms with van der Waals surface area (Å²) in [6.45, 7) is 8.33. The second kappa shape index (κ2) is 3.06. The molecule has 0 saturated heterocycles. The Bertz CT molecular complexity index is 286. The maximum atomic E-state index is 6.12. The first-order chi connectivity index (χ1) is 5.43. The Morgan fingerprint density at radius 1 is 1.33 bits per heavy atom. The Morgan fingerprint density at radius 3 is 2.33 bits per heavy atom. The summed E-state index contributed by atoms with van der Waals surface area (Å²) in [6, 6.07) is 1.93. The zero-order valence-corrected chi connectivity index (χ0v) is 8.74. The van der Waals surface area contributed by atoms with E-state index in [0.717, 1.165) is 16.3 Å². The van der Waals surface area contributed by atoms with E-state index in [1.807, 2.05) is 19.2 Å². The predicted octanol–water partition coefficient (Wildman–Crippen LogP) is 3.34. The lowest BCUT2D eigenvalue weighted by Crippen LogP contribution is -2.14. The fourth-order valence-electron chi connectivity index (χ4n) is 1.06. The van der Waals surface area contributed by atoms with Crippen LogP contribution in [-0.4, -0.2) is 4.98 Å². The van der Waals surface area contributed by atoms with Crippen LogP contribution in [0.1, 0.15) is 32.0 Å². The van der Waals surface area contributed by atoms with Crippen LogP contribution in [-0.2, 0) is 5.41 Å². The van der Waals surface area contributed by atoms with Crippen molar-refractivity contribution >= 4 is 11.6 Å². The van der Waals surface area contributed by atoms with E-state index in [1.165, 1.54) is 0 Å². The fraction of sp³-hybridized carbons (Fsp3) is 0.500. The van der Waals surface area contributed by atoms with E-state index in [-0.39, 0.29) is 5.41 Å². The molecule has 0 atom stereocenters. The van der Waals surface area contributed by atoms with Crippen LogP contribution in [0.2, 0.25) is 5.02 Å². The third-order valence-corrected chi connectivity index (χ3v) is 2.27. The van der Waals surface area contributed by atoms with E-state index in [9.17, 15) is 0 Å². The van der Waals surface area contributed by atoms with Gasteiger partial charge in [0.25, 0.3) is 0 Å². The number of pyridine rings is 1. The standard InChI is InChI=1S/C10H14ClN/c1-7-5-6-12-9(8(7)11)10(2,3)4/h5-6H,1-4H3. The summed E-state index contributed by atoms with van der Waals surface area (Å²) in [7, 11) is 0. The van der Waals surface area contributed by atoms with E-state index in [1.54, 1.807) is 0 Å². The molecule has 2 heteroatoms. The Kier molecular flexibility index (Phi) is 2.43. The molecule has 1 rings (SSSR count). The highest BCUT2D eigenvalue weighted by atomic mass is 35.5. The van der Waals surface area contributed by atoms with Crippen LogP contribution < -0.4 is 0 Å². The highest BCUT2D eigenvalue weighted by Gasteiger charge is 2.19. The number of rotatable bonds is 0. The first kappa shape index (κ1) is 9.53. The summed E-state index contributed by atoms with van der Waals surface area (Å²) in [5.41, 5.74) is 2.10. The van der Waals surface area contributed by atoms with Gasteiger partial charge in [-0.3, -0.25) is 4.98 Å². The smallest absolute Gasteiger partial charge is 0.0656 e. The Hall–Kier alpha value is -0.560. The first-order valence-corrected chi connectivity index (χ1v) is 4.42. The van der Waals surface area contributed by atoms with Gasteiger partial charge < -0.3 is 0 Å². The number of nitrogens with zero attached hydrogens (tertiary/aromatic N) is 1. The first-order valence-electron chi connectivity index (χ1n) is 4.04. The Morgan fingerprint density at radius 2 is 1.92 bits per heavy atom. The van der Waals surface area contributed by atoms with Crippen molar-refractivity contribution in [3.63, 3.8) is 0 Å². The maximum absolute atomic E-state index is 6.12. The number of aromatic nitrogens is 1. The van der Waals surface area contributed by atoms with E-state index in [2.05, 4.69) is 25.8 Å². The molecule has 0 aliphatic heterocycles. The minimum atomic E-state index is 0.0309. The highest BCUT2D eigenvalue weighted by Crippen LogP contribution is 2.28. The van der Waals surface area contributed by atoms with Crippen LogP contribution in [0.15, 0.2) is 12.3 Å². The molecule has 0 fully saturated rings. The van der Waals surface area contributed by atoms with E-state index < -0.39 is 0 Å². The largest absolute Gasteiger partial charge is 0.259 e. The monoisotopic (exact) mass is 183 g/mol. The van der Waals surface area contributed by atoms with Crippen LogP contribution >= 0.6 is 11.6 Å². The zero-order chi connectivity index (χ0) is 9.35. The third kappa shape index (κ3) is 1.78. The quantitative estimate of drug-likeness (QED) is 0.601. The van der Waals surface area contributed by atoms with Crippen molar-refractivity contribution in [2.24, 2.45) is 0 Å². The topological polar surface area (TPSA) is 12.9 Å². The summed E-state index contributed by atoms with van der Waals surface area (Å²) in [5.74, 6) is 0. The van der Waals surface area contributed by atoms with Crippen molar-refractivity contribution in [3.8, 4) is 0 Å². The van der Waals surface area contributed by atoms with Gasteiger partial charge >= 0.3 is 0 Å². The lowest BCUT2D eigenvalue weighted by Gasteiger charge is -2.19. The van der Waals surface area contributed by atoms with Crippen molar-refractivity contribution in [3.05, 3.63) is 28.5 Å². The zero-order valence-electron chi connectivity index (χ0n) is 7.98. The predicted molar refractivity (Wildman–Crippen MR) is 52.7 cm³/mol. The lowest BCUT2D eigenvalue weighted by molar-refractivity contribution is 0.568. The van der Waals surface area contributed by atoms with Gasteiger partial charge in [0.15, 0.2) is 0 Å². The maximum Gasteiger partial charge on any atom is 0.0656 e. The van der Waals surface area contributed by atoms with Gasteiger partial charge in [0.05, 0.1) is 10.7 Å². The van der Waals surface area contributed by atoms with E-state index >= 15 is 0 Å². The van der Waals surface area contributed by atoms with Gasteiger partial charge in [0, 0.05) is 11.6 Å². The van der Waals surface area contributed by atoms with Gasteiger partial charge in [-0.05, 0) is 18.6 Å². The average molecular weight is 184 g/mol. The van der Waals surface area contributed by atoms with Gasteiger partial charge in [-0.1, -0.05) is 32.4 Å². The van der Waals surface area contributed by atoms with E-state index in [0.29, 0.717) is 0 Å². The third-order valence-electron chi connectivity index (χ3n) is 1.79. The Balaban J connectivity index is 3.26. The van der Waals surface area contributed by atoms with Gasteiger partial charge in [0.1, 0.15) is 0 Å². The van der Waals surface area contributed by atoms with Crippen LogP contribution in [0.4, 0.5) is 0 Å². The van der Waals surface area contributed by atoms with Gasteiger partial charge in [-0.15, -0.1) is 0 Å². The number of hydrogen-bond acceptors (Lipinski definition) is 1. The van der Waals surface area contributed by atoms with Crippen molar-refractivity contribution in [1.82, 2.24) is 4.98 Å². The molecule has 0 aromatic carbocycles. The molecule has 12 heavy (non-hydrogen) atoms. The SMILES string of the molecule is Cc1ccnc(C(C)(C)C)c1Cl. The molecule has 0 N–H and O–H groups in total. The molecular weight excluding hydrogens is 170 g/mol. The summed E-state index contributed by atoms with van der Waals surface area (Å²) >= 11 is 6.12. The van der Waals surface area contributed by atoms with Crippen molar-refractivity contribution in [2.45, 2.75) is 33.1 Å². The lowest BCUT2D eigenvalue weighted by atomic mass is 9.91. The molecule has 1 aromatic rings. The minimum absolute atomic E-state index is 0.0309. The molecule has 0 unspecified atom stereocenters. The summed E-state index contributed by atoms with van der Waals surface area (Å²) in [4.78, 5) is 4.28. The highest BCUT2D eigenvalue weighted by molar-refractivity contribution is 6.32. The average Bonchev–Trinajstić information content (AvgIpc) is 1.92. The van der Waals surface area contributed by atoms with Crippen molar-refractivity contribution in [1.29, 1.82) is 0 Å². The number of halogens is 1. The molecule has 1 heterocycles. The minimum Gasteiger partial charge on any atom is -0.259 e. The van der Waals surface area contributed by atoms with Crippen LogP contribution in [0.25, 0.3) is 0 Å². The Labute approximate surface area is 78.8 Å². The van der Waals surface area contributed by atoms with Crippen LogP contribution in [0, 0.1) is 6.92 Å². The van der Waals surface area contributed by atoms with Gasteiger partial charge in [-0.2, -0.15) is 0 Å². The van der Waals surface area contributed by atoms with Crippen LogP contribution in [0.3, 0.4) is 0 Å². The second-order valence-corrected chi connectivity index (χ2v) is 4.42. The van der Waals surface area contributed by atoms with Crippen LogP contribution in [0.5, 0.6) is 0 Å². The number of aryl methyl sites for hydroxylation is 1. The fourth-order valence-corrected chi connectivity index (χ4v) is 1.46. The molecule has 0 spiro atoms.